The number of ether oxygens (including phenoxy) is 1. The van der Waals surface area contributed by atoms with Crippen molar-refractivity contribution in [2.45, 2.75) is 23.8 Å². The summed E-state index contributed by atoms with van der Waals surface area (Å²) >= 11 is 4.99. The first-order chi connectivity index (χ1) is 14.0. The normalized spacial score (nSPS) is 10.9. The predicted octanol–water partition coefficient (Wildman–Crippen LogP) is 6.06. The highest BCUT2D eigenvalue weighted by Crippen LogP contribution is 2.35. The Labute approximate surface area is 181 Å². The van der Waals surface area contributed by atoms with Gasteiger partial charge in [-0.1, -0.05) is 41.6 Å². The van der Waals surface area contributed by atoms with Gasteiger partial charge in [0, 0.05) is 11.0 Å². The number of rotatable bonds is 7. The van der Waals surface area contributed by atoms with E-state index in [9.17, 15) is 4.79 Å². The number of hydrazone groups is 1. The lowest BCUT2D eigenvalue weighted by Crippen LogP contribution is -2.24. The number of furan rings is 1. The molecule has 1 heterocycles. The average Bonchev–Trinajstić information content (AvgIpc) is 3.04. The molecule has 0 spiro atoms. The van der Waals surface area contributed by atoms with Crippen LogP contribution in [0.25, 0.3) is 0 Å². The van der Waals surface area contributed by atoms with Crippen LogP contribution in [0.2, 0.25) is 0 Å². The van der Waals surface area contributed by atoms with E-state index in [2.05, 4.69) is 31.8 Å². The van der Waals surface area contributed by atoms with Crippen molar-refractivity contribution in [1.82, 2.24) is 5.43 Å². The summed E-state index contributed by atoms with van der Waals surface area (Å²) in [6.45, 7) is 4.44. The number of carbonyl (C=O) groups excluding carboxylic acids is 1. The van der Waals surface area contributed by atoms with Crippen LogP contribution in [-0.2, 0) is 0 Å². The van der Waals surface area contributed by atoms with Gasteiger partial charge in [-0.25, -0.2) is 10.2 Å². The lowest BCUT2D eigenvalue weighted by molar-refractivity contribution is 0.252. The fourth-order valence-corrected chi connectivity index (χ4v) is 3.70. The zero-order chi connectivity index (χ0) is 20.6. The molecule has 8 heteroatoms. The van der Waals surface area contributed by atoms with Gasteiger partial charge >= 0.3 is 6.03 Å². The second-order valence-electron chi connectivity index (χ2n) is 5.95. The molecular formula is C21H20BrN3O3S. The lowest BCUT2D eigenvalue weighted by Gasteiger charge is -2.10. The largest absolute Gasteiger partial charge is 0.492 e. The third-order valence-electron chi connectivity index (χ3n) is 3.70. The molecule has 0 saturated carbocycles. The second kappa shape index (κ2) is 10.2. The first kappa shape index (κ1) is 21.0. The fourth-order valence-electron chi connectivity index (χ4n) is 2.37. The number of benzene rings is 2. The van der Waals surface area contributed by atoms with Crippen LogP contribution in [0.1, 0.15) is 18.2 Å². The summed E-state index contributed by atoms with van der Waals surface area (Å²) in [7, 11) is 0. The Morgan fingerprint density at radius 3 is 2.76 bits per heavy atom. The van der Waals surface area contributed by atoms with Gasteiger partial charge in [-0.3, -0.25) is 0 Å². The van der Waals surface area contributed by atoms with Crippen molar-refractivity contribution in [3.05, 3.63) is 70.4 Å². The zero-order valence-electron chi connectivity index (χ0n) is 15.9. The van der Waals surface area contributed by atoms with Gasteiger partial charge in [0.25, 0.3) is 0 Å². The van der Waals surface area contributed by atoms with Crippen LogP contribution in [0.5, 0.6) is 5.75 Å². The van der Waals surface area contributed by atoms with Gasteiger partial charge in [0.15, 0.2) is 5.09 Å². The Morgan fingerprint density at radius 2 is 2.00 bits per heavy atom. The Morgan fingerprint density at radius 1 is 1.24 bits per heavy atom. The number of aryl methyl sites for hydroxylation is 1. The maximum atomic E-state index is 12.1. The monoisotopic (exact) mass is 473 g/mol. The highest BCUT2D eigenvalue weighted by atomic mass is 79.9. The number of halogens is 1. The quantitative estimate of drug-likeness (QED) is 0.323. The fraction of sp³-hybridized carbons (Fsp3) is 0.143. The van der Waals surface area contributed by atoms with Crippen molar-refractivity contribution in [1.29, 1.82) is 0 Å². The lowest BCUT2D eigenvalue weighted by atomic mass is 10.2. The van der Waals surface area contributed by atoms with Crippen LogP contribution in [0, 0.1) is 6.92 Å². The molecule has 6 nitrogen and oxygen atoms in total. The molecule has 2 amide bonds. The molecule has 0 unspecified atom stereocenters. The van der Waals surface area contributed by atoms with Crippen LogP contribution in [0.15, 0.2) is 78.6 Å². The van der Waals surface area contributed by atoms with E-state index in [1.54, 1.807) is 18.2 Å². The van der Waals surface area contributed by atoms with Crippen molar-refractivity contribution in [2.24, 2.45) is 5.10 Å². The van der Waals surface area contributed by atoms with Crippen LogP contribution in [0.3, 0.4) is 0 Å². The van der Waals surface area contributed by atoms with Crippen LogP contribution in [0.4, 0.5) is 10.5 Å². The van der Waals surface area contributed by atoms with E-state index in [1.807, 2.05) is 50.2 Å². The molecule has 0 aliphatic heterocycles. The summed E-state index contributed by atoms with van der Waals surface area (Å²) in [5.74, 6) is 1.11. The summed E-state index contributed by atoms with van der Waals surface area (Å²) in [6.07, 6.45) is 1.44. The number of nitrogens with zero attached hydrogens (tertiary/aromatic N) is 1. The third-order valence-corrected chi connectivity index (χ3v) is 5.55. The minimum Gasteiger partial charge on any atom is -0.492 e. The molecule has 2 aromatic carbocycles. The molecule has 0 saturated heterocycles. The summed E-state index contributed by atoms with van der Waals surface area (Å²) in [6, 6.07) is 16.7. The third kappa shape index (κ3) is 6.13. The first-order valence-corrected chi connectivity index (χ1v) is 10.5. The summed E-state index contributed by atoms with van der Waals surface area (Å²) in [5, 5.41) is 7.35. The number of carbonyl (C=O) groups is 1. The van der Waals surface area contributed by atoms with E-state index in [0.29, 0.717) is 28.9 Å². The minimum absolute atomic E-state index is 0.478. The van der Waals surface area contributed by atoms with Crippen LogP contribution in [-0.4, -0.2) is 18.9 Å². The summed E-state index contributed by atoms with van der Waals surface area (Å²) < 4.78 is 12.1. The number of anilines is 1. The van der Waals surface area contributed by atoms with Crippen LogP contribution >= 0.6 is 27.7 Å². The molecule has 0 aliphatic carbocycles. The Kier molecular flexibility index (Phi) is 7.37. The number of para-hydroxylation sites is 2. The Hall–Kier alpha value is -2.71. The van der Waals surface area contributed by atoms with Gasteiger partial charge in [0.05, 0.1) is 23.0 Å². The van der Waals surface area contributed by atoms with Gasteiger partial charge in [0.1, 0.15) is 11.5 Å². The number of urea groups is 1. The highest BCUT2D eigenvalue weighted by Gasteiger charge is 2.10. The second-order valence-corrected chi connectivity index (χ2v) is 7.85. The number of amides is 2. The number of hydrogen-bond acceptors (Lipinski definition) is 5. The molecule has 150 valence electrons. The molecule has 3 rings (SSSR count). The molecule has 29 heavy (non-hydrogen) atoms. The van der Waals surface area contributed by atoms with E-state index in [4.69, 9.17) is 9.15 Å². The van der Waals surface area contributed by atoms with Crippen molar-refractivity contribution in [3.8, 4) is 5.75 Å². The molecule has 0 aliphatic rings. The minimum atomic E-state index is -0.478. The van der Waals surface area contributed by atoms with E-state index in [1.165, 1.54) is 23.5 Å². The Bertz CT molecular complexity index is 1000. The van der Waals surface area contributed by atoms with Crippen molar-refractivity contribution < 1.29 is 13.9 Å². The smallest absolute Gasteiger partial charge is 0.339 e. The van der Waals surface area contributed by atoms with E-state index in [-0.39, 0.29) is 0 Å². The van der Waals surface area contributed by atoms with Gasteiger partial charge in [-0.15, -0.1) is 0 Å². The highest BCUT2D eigenvalue weighted by molar-refractivity contribution is 9.10. The van der Waals surface area contributed by atoms with Gasteiger partial charge < -0.3 is 14.5 Å². The topological polar surface area (TPSA) is 75.9 Å². The molecular weight excluding hydrogens is 454 g/mol. The molecule has 3 aromatic rings. The maximum absolute atomic E-state index is 12.1. The summed E-state index contributed by atoms with van der Waals surface area (Å²) in [5.41, 5.74) is 4.19. The SMILES string of the molecule is CCOc1ccccc1NC(=O)N/N=C/c1cc(Br)c(Sc2ccc(C)cc2)o1. The number of hydrogen-bond donors (Lipinski definition) is 2. The molecule has 0 fully saturated rings. The number of nitrogens with one attached hydrogen (secondary N) is 2. The molecule has 0 radical (unpaired) electrons. The predicted molar refractivity (Wildman–Crippen MR) is 119 cm³/mol. The van der Waals surface area contributed by atoms with Crippen molar-refractivity contribution in [3.63, 3.8) is 0 Å². The zero-order valence-corrected chi connectivity index (χ0v) is 18.3. The molecule has 1 aromatic heterocycles. The first-order valence-electron chi connectivity index (χ1n) is 8.91. The standard InChI is InChI=1S/C21H20BrN3O3S/c1-3-27-19-7-5-4-6-18(19)24-21(26)25-23-13-15-12-17(22)20(28-15)29-16-10-8-14(2)9-11-16/h4-13H,3H2,1-2H3,(H2,24,25,26)/b23-13+. The van der Waals surface area contributed by atoms with Gasteiger partial charge in [-0.2, -0.15) is 5.10 Å². The van der Waals surface area contributed by atoms with E-state index >= 15 is 0 Å². The van der Waals surface area contributed by atoms with Crippen molar-refractivity contribution in [2.75, 3.05) is 11.9 Å². The molecule has 0 atom stereocenters. The van der Waals surface area contributed by atoms with Gasteiger partial charge in [0.2, 0.25) is 0 Å². The van der Waals surface area contributed by atoms with Crippen molar-refractivity contribution >= 4 is 45.6 Å². The van der Waals surface area contributed by atoms with E-state index < -0.39 is 6.03 Å². The molecule has 2 N–H and O–H groups in total. The maximum Gasteiger partial charge on any atom is 0.339 e. The van der Waals surface area contributed by atoms with E-state index in [0.717, 1.165) is 9.37 Å². The van der Waals surface area contributed by atoms with Crippen LogP contribution < -0.4 is 15.5 Å². The van der Waals surface area contributed by atoms with Gasteiger partial charge in [-0.05, 0) is 54.0 Å². The Balaban J connectivity index is 1.58. The molecule has 0 bridgehead atoms. The average molecular weight is 474 g/mol. The summed E-state index contributed by atoms with van der Waals surface area (Å²) in [4.78, 5) is 13.1.